The Kier molecular flexibility index (Phi) is 38.5. The van der Waals surface area contributed by atoms with Crippen LogP contribution in [0.4, 0.5) is 0 Å². The monoisotopic (exact) mass is 937 g/mol. The summed E-state index contributed by atoms with van der Waals surface area (Å²) in [6.07, 6.45) is 44.3. The average molecular weight is 937 g/mol. The molecule has 12 heteroatoms. The van der Waals surface area contributed by atoms with Gasteiger partial charge in [0.05, 0.1) is 13.0 Å². The Morgan fingerprint density at radius 2 is 0.985 bits per heavy atom. The number of unbranched alkanes of at least 4 members (excludes halogenated alkanes) is 8. The quantitative estimate of drug-likeness (QED) is 0.0231. The van der Waals surface area contributed by atoms with Crippen LogP contribution >= 0.6 is 0 Å². The normalized spacial score (nSPS) is 19.8. The summed E-state index contributed by atoms with van der Waals surface area (Å²) in [6.45, 7) is 5.56. The van der Waals surface area contributed by atoms with Gasteiger partial charge in [-0.05, 0) is 70.6 Å². The van der Waals surface area contributed by atoms with Gasteiger partial charge < -0.3 is 39.0 Å². The third-order valence-corrected chi connectivity index (χ3v) is 10.4. The van der Waals surface area contributed by atoms with E-state index in [4.69, 9.17) is 23.7 Å². The molecular weight excluding hydrogens is 853 g/mol. The van der Waals surface area contributed by atoms with Crippen molar-refractivity contribution in [2.75, 3.05) is 13.2 Å². The number of aliphatic hydroxyl groups excluding tert-OH is 2. The molecule has 3 N–H and O–H groups in total. The fourth-order valence-corrected chi connectivity index (χ4v) is 6.63. The van der Waals surface area contributed by atoms with Crippen molar-refractivity contribution < 1.29 is 58.2 Å². The lowest BCUT2D eigenvalue weighted by Gasteiger charge is -2.40. The van der Waals surface area contributed by atoms with Gasteiger partial charge in [-0.15, -0.1) is 0 Å². The molecule has 0 aromatic carbocycles. The van der Waals surface area contributed by atoms with E-state index in [2.05, 4.69) is 87.6 Å². The number of esters is 3. The van der Waals surface area contributed by atoms with Gasteiger partial charge in [0.25, 0.3) is 0 Å². The molecule has 1 saturated heterocycles. The number of carbonyl (C=O) groups excluding carboxylic acids is 3. The van der Waals surface area contributed by atoms with E-state index in [0.717, 1.165) is 70.6 Å². The van der Waals surface area contributed by atoms with Crippen LogP contribution in [-0.4, -0.2) is 89.2 Å². The fourth-order valence-electron chi connectivity index (χ4n) is 6.63. The van der Waals surface area contributed by atoms with Crippen LogP contribution < -0.4 is 0 Å². The average Bonchev–Trinajstić information content (AvgIpc) is 3.31. The highest BCUT2D eigenvalue weighted by molar-refractivity contribution is 5.74. The molecule has 1 rings (SSSR count). The zero-order valence-corrected chi connectivity index (χ0v) is 40.8. The molecule has 67 heavy (non-hydrogen) atoms. The number of ether oxygens (including phenoxy) is 5. The van der Waals surface area contributed by atoms with Crippen molar-refractivity contribution in [1.82, 2.24) is 0 Å². The smallest absolute Gasteiger partial charge is 0.335 e. The predicted octanol–water partition coefficient (Wildman–Crippen LogP) is 11.5. The Bertz CT molecular complexity index is 1580. The zero-order chi connectivity index (χ0) is 49.0. The summed E-state index contributed by atoms with van der Waals surface area (Å²) in [5.74, 6) is -3.41. The van der Waals surface area contributed by atoms with Crippen molar-refractivity contribution in [2.45, 2.75) is 199 Å². The maximum absolute atomic E-state index is 13.0. The minimum Gasteiger partial charge on any atom is -0.479 e. The van der Waals surface area contributed by atoms with Crippen LogP contribution in [0.5, 0.6) is 0 Å². The number of hydrogen-bond acceptors (Lipinski definition) is 11. The minimum atomic E-state index is -1.94. The molecule has 6 atom stereocenters. The first kappa shape index (κ1) is 60.4. The summed E-state index contributed by atoms with van der Waals surface area (Å²) in [7, 11) is 0. The molecule has 0 bridgehead atoms. The molecule has 0 aromatic rings. The molecule has 0 saturated carbocycles. The van der Waals surface area contributed by atoms with Crippen molar-refractivity contribution in [3.05, 3.63) is 109 Å². The third-order valence-electron chi connectivity index (χ3n) is 10.4. The number of carboxylic acids is 1. The van der Waals surface area contributed by atoms with E-state index in [1.165, 1.54) is 25.7 Å². The number of rotatable bonds is 39. The molecule has 0 radical (unpaired) electrons. The first-order chi connectivity index (χ1) is 32.6. The second kappa shape index (κ2) is 42.7. The highest BCUT2D eigenvalue weighted by Gasteiger charge is 2.50. The third kappa shape index (κ3) is 33.5. The molecule has 0 aliphatic carbocycles. The molecule has 1 heterocycles. The van der Waals surface area contributed by atoms with Gasteiger partial charge in [-0.1, -0.05) is 182 Å². The standard InChI is InChI=1S/C55H84O12/c1-4-7-10-13-16-19-21-23-24-26-27-30-32-35-38-41-47(56)63-44-46(65-48(57)42-39-36-33-29-18-15-12-9-6-3)45-64-55-53(51(60)50(59)52(67-55)54(61)62)66-49(58)43-40-37-34-31-28-25-22-20-17-14-11-8-5-2/h7-8,10-11,16-17,19-20,23-25,27-28,30,34-35,37-38,46,50-53,55,59-60H,4-6,9,12-15,18,21-22,26,29,31-33,36,39-45H2,1-3H3,(H,61,62)/b10-7-,11-8-,19-16-,20-17-,24-23-,28-25-,30-27-,37-34-,38-35-. The van der Waals surface area contributed by atoms with Gasteiger partial charge in [-0.25, -0.2) is 4.79 Å². The highest BCUT2D eigenvalue weighted by Crippen LogP contribution is 2.26. The van der Waals surface area contributed by atoms with E-state index >= 15 is 0 Å². The Morgan fingerprint density at radius 3 is 1.48 bits per heavy atom. The Labute approximate surface area is 402 Å². The largest absolute Gasteiger partial charge is 0.479 e. The van der Waals surface area contributed by atoms with Gasteiger partial charge in [0.15, 0.2) is 24.6 Å². The number of carboxylic acid groups (broad SMARTS) is 1. The lowest BCUT2D eigenvalue weighted by Crippen LogP contribution is -2.61. The van der Waals surface area contributed by atoms with E-state index in [1.54, 1.807) is 6.08 Å². The van der Waals surface area contributed by atoms with Crippen molar-refractivity contribution in [3.63, 3.8) is 0 Å². The van der Waals surface area contributed by atoms with Crippen LogP contribution in [0.2, 0.25) is 0 Å². The van der Waals surface area contributed by atoms with E-state index in [0.29, 0.717) is 25.7 Å². The predicted molar refractivity (Wildman–Crippen MR) is 266 cm³/mol. The van der Waals surface area contributed by atoms with Gasteiger partial charge >= 0.3 is 23.9 Å². The lowest BCUT2D eigenvalue weighted by molar-refractivity contribution is -0.301. The van der Waals surface area contributed by atoms with Crippen LogP contribution in [0.25, 0.3) is 0 Å². The van der Waals surface area contributed by atoms with Gasteiger partial charge in [0.1, 0.15) is 18.8 Å². The maximum Gasteiger partial charge on any atom is 0.335 e. The van der Waals surface area contributed by atoms with Gasteiger partial charge in [-0.2, -0.15) is 0 Å². The van der Waals surface area contributed by atoms with Crippen molar-refractivity contribution in [3.8, 4) is 0 Å². The van der Waals surface area contributed by atoms with Crippen LogP contribution in [0.3, 0.4) is 0 Å². The summed E-state index contributed by atoms with van der Waals surface area (Å²) in [5, 5.41) is 31.2. The fraction of sp³-hybridized carbons (Fsp3) is 0.600. The van der Waals surface area contributed by atoms with Crippen LogP contribution in [0, 0.1) is 0 Å². The number of allylic oxidation sites excluding steroid dienone is 17. The molecule has 1 aliphatic heterocycles. The Balaban J connectivity index is 2.84. The first-order valence-electron chi connectivity index (χ1n) is 24.9. The van der Waals surface area contributed by atoms with Crippen molar-refractivity contribution in [2.24, 2.45) is 0 Å². The Morgan fingerprint density at radius 1 is 0.522 bits per heavy atom. The minimum absolute atomic E-state index is 0.0253. The van der Waals surface area contributed by atoms with Crippen LogP contribution in [0.15, 0.2) is 109 Å². The number of carbonyl (C=O) groups is 4. The van der Waals surface area contributed by atoms with E-state index < -0.39 is 67.3 Å². The molecule has 6 unspecified atom stereocenters. The highest BCUT2D eigenvalue weighted by atomic mass is 16.7. The number of aliphatic hydroxyl groups is 2. The first-order valence-corrected chi connectivity index (χ1v) is 24.9. The SMILES string of the molecule is CC/C=C\C/C=C\C/C=C\C/C=C\C/C=C\CC(=O)OCC(COC1OC(C(=O)O)C(O)C(O)C1OC(=O)CC/C=C\C/C=C\C/C=C\C/C=C\CC)OC(=O)CCCCCCCCCCC. The molecule has 1 aliphatic rings. The number of aliphatic carboxylic acids is 1. The second-order valence-electron chi connectivity index (χ2n) is 16.4. The van der Waals surface area contributed by atoms with Crippen LogP contribution in [0.1, 0.15) is 162 Å². The van der Waals surface area contributed by atoms with E-state index in [-0.39, 0.29) is 25.9 Å². The maximum atomic E-state index is 13.0. The van der Waals surface area contributed by atoms with E-state index in [1.807, 2.05) is 36.5 Å². The number of hydrogen-bond donors (Lipinski definition) is 3. The summed E-state index contributed by atoms with van der Waals surface area (Å²) < 4.78 is 28.0. The molecule has 12 nitrogen and oxygen atoms in total. The molecule has 0 amide bonds. The Hall–Kier alpha value is -4.62. The zero-order valence-electron chi connectivity index (χ0n) is 40.8. The molecule has 0 spiro atoms. The van der Waals surface area contributed by atoms with Crippen molar-refractivity contribution >= 4 is 23.9 Å². The summed E-state index contributed by atoms with van der Waals surface area (Å²) in [4.78, 5) is 50.6. The summed E-state index contributed by atoms with van der Waals surface area (Å²) in [6, 6.07) is 0. The topological polar surface area (TPSA) is 175 Å². The second-order valence-corrected chi connectivity index (χ2v) is 16.4. The molecule has 376 valence electrons. The van der Waals surface area contributed by atoms with Crippen molar-refractivity contribution in [1.29, 1.82) is 0 Å². The van der Waals surface area contributed by atoms with Gasteiger partial charge in [-0.3, -0.25) is 14.4 Å². The molecule has 1 fully saturated rings. The molecule has 0 aromatic heterocycles. The van der Waals surface area contributed by atoms with Gasteiger partial charge in [0.2, 0.25) is 0 Å². The van der Waals surface area contributed by atoms with Gasteiger partial charge in [0, 0.05) is 12.8 Å². The summed E-state index contributed by atoms with van der Waals surface area (Å²) in [5.41, 5.74) is 0. The van der Waals surface area contributed by atoms with E-state index in [9.17, 15) is 34.5 Å². The summed E-state index contributed by atoms with van der Waals surface area (Å²) >= 11 is 0. The lowest BCUT2D eigenvalue weighted by atomic mass is 9.98. The van der Waals surface area contributed by atoms with Crippen LogP contribution in [-0.2, 0) is 42.9 Å². The molecular formula is C55H84O12.